The number of aliphatic hydroxyl groups is 2. The van der Waals surface area contributed by atoms with Crippen LogP contribution in [0.15, 0.2) is 24.4 Å². The van der Waals surface area contributed by atoms with Crippen molar-refractivity contribution in [3.63, 3.8) is 0 Å². The van der Waals surface area contributed by atoms with E-state index in [2.05, 4.69) is 30.7 Å². The maximum absolute atomic E-state index is 12.8. The second kappa shape index (κ2) is 9.36. The van der Waals surface area contributed by atoms with Gasteiger partial charge in [0.2, 0.25) is 5.95 Å². The zero-order valence-electron chi connectivity index (χ0n) is 17.1. The first kappa shape index (κ1) is 21.8. The molecule has 1 saturated carbocycles. The second-order valence-corrected chi connectivity index (χ2v) is 7.26. The summed E-state index contributed by atoms with van der Waals surface area (Å²) in [6.07, 6.45) is 2.63. The van der Waals surface area contributed by atoms with Gasteiger partial charge in [-0.1, -0.05) is 5.21 Å². The smallest absolute Gasteiger partial charge is 0.258 e. The van der Waals surface area contributed by atoms with Crippen molar-refractivity contribution in [2.45, 2.75) is 38.3 Å². The lowest BCUT2D eigenvalue weighted by molar-refractivity contribution is 0.122. The molecule has 0 radical (unpaired) electrons. The fourth-order valence-electron chi connectivity index (χ4n) is 3.31. The minimum Gasteiger partial charge on any atom is -0.394 e. The molecule has 1 aliphatic carbocycles. The molecule has 1 fully saturated rings. The molecule has 13 heteroatoms. The highest BCUT2D eigenvalue weighted by Crippen LogP contribution is 2.29. The van der Waals surface area contributed by atoms with Crippen molar-refractivity contribution >= 4 is 28.4 Å². The number of halogens is 2. The normalized spacial score (nSPS) is 13.9. The Hall–Kier alpha value is -3.45. The summed E-state index contributed by atoms with van der Waals surface area (Å²) in [7, 11) is 0. The molecule has 0 atom stereocenters. The topological polar surface area (TPSA) is 152 Å². The van der Waals surface area contributed by atoms with Gasteiger partial charge in [-0.3, -0.25) is 0 Å². The van der Waals surface area contributed by atoms with Crippen LogP contribution >= 0.6 is 0 Å². The number of fused-ring (bicyclic) bond motifs is 2. The Balaban J connectivity index is 0.000000567. The summed E-state index contributed by atoms with van der Waals surface area (Å²) in [4.78, 5) is 8.85. The maximum Gasteiger partial charge on any atom is 0.258 e. The molecule has 0 amide bonds. The van der Waals surface area contributed by atoms with Crippen LogP contribution in [0.3, 0.4) is 0 Å². The third-order valence-electron chi connectivity index (χ3n) is 5.02. The number of rotatable bonds is 6. The molecule has 11 nitrogen and oxygen atoms in total. The van der Waals surface area contributed by atoms with Gasteiger partial charge in [-0.2, -0.15) is 4.98 Å². The van der Waals surface area contributed by atoms with Gasteiger partial charge in [0.15, 0.2) is 11.5 Å². The zero-order valence-corrected chi connectivity index (χ0v) is 17.1. The molecule has 5 rings (SSSR count). The second-order valence-electron chi connectivity index (χ2n) is 7.26. The number of alkyl halides is 2. The summed E-state index contributed by atoms with van der Waals surface area (Å²) in [6.45, 7) is -0.815. The number of hydrogen-bond donors (Lipinski definition) is 4. The number of nitrogens with one attached hydrogen (secondary N) is 1. The van der Waals surface area contributed by atoms with E-state index < -0.39 is 13.0 Å². The molecule has 0 aromatic carbocycles. The van der Waals surface area contributed by atoms with Gasteiger partial charge < -0.3 is 21.3 Å². The van der Waals surface area contributed by atoms with Crippen LogP contribution in [0.1, 0.15) is 19.3 Å². The predicted molar refractivity (Wildman–Crippen MR) is 113 cm³/mol. The van der Waals surface area contributed by atoms with Crippen molar-refractivity contribution in [1.82, 2.24) is 34.6 Å². The molecular weight excluding hydrogens is 424 g/mol. The molecule has 0 bridgehead atoms. The predicted octanol–water partition coefficient (Wildman–Crippen LogP) is 1.32. The standard InChI is InChI=1S/C17H17F2N9.C2H6O2/c18-13(19)8-28-16-12(24-26-28)5-4-11(22-16)10-6-7-27-14(10)15(20)23-17(25-27)21-9-2-1-3-9;3-1-2-4/h4-7,9,13H,1-3,8H2,(H3,20,21,23,25);3-4H,1-2H2. The number of hydrogen-bond acceptors (Lipinski definition) is 9. The summed E-state index contributed by atoms with van der Waals surface area (Å²) in [5.74, 6) is 0.803. The van der Waals surface area contributed by atoms with Gasteiger partial charge in [0.25, 0.3) is 6.43 Å². The van der Waals surface area contributed by atoms with E-state index in [1.807, 2.05) is 6.07 Å². The monoisotopic (exact) mass is 447 g/mol. The van der Waals surface area contributed by atoms with Crippen molar-refractivity contribution in [2.75, 3.05) is 24.3 Å². The van der Waals surface area contributed by atoms with Gasteiger partial charge in [-0.15, -0.1) is 10.2 Å². The first-order valence-corrected chi connectivity index (χ1v) is 10.1. The Morgan fingerprint density at radius 2 is 1.94 bits per heavy atom. The molecule has 4 aromatic heterocycles. The Bertz CT molecular complexity index is 1200. The Kier molecular flexibility index (Phi) is 6.37. The van der Waals surface area contributed by atoms with Crippen molar-refractivity contribution < 1.29 is 19.0 Å². The van der Waals surface area contributed by atoms with Crippen LogP contribution < -0.4 is 11.1 Å². The number of anilines is 2. The van der Waals surface area contributed by atoms with E-state index >= 15 is 0 Å². The molecule has 5 N–H and O–H groups in total. The van der Waals surface area contributed by atoms with E-state index in [0.717, 1.165) is 17.5 Å². The van der Waals surface area contributed by atoms with Gasteiger partial charge >= 0.3 is 0 Å². The summed E-state index contributed by atoms with van der Waals surface area (Å²) in [6, 6.07) is 5.65. The third kappa shape index (κ3) is 4.43. The van der Waals surface area contributed by atoms with Crippen LogP contribution in [0.4, 0.5) is 20.5 Å². The highest BCUT2D eigenvalue weighted by atomic mass is 19.3. The lowest BCUT2D eigenvalue weighted by Gasteiger charge is -2.26. The molecule has 4 heterocycles. The van der Waals surface area contributed by atoms with Crippen molar-refractivity contribution in [2.24, 2.45) is 0 Å². The van der Waals surface area contributed by atoms with Crippen LogP contribution in [0.25, 0.3) is 27.9 Å². The Morgan fingerprint density at radius 1 is 1.16 bits per heavy atom. The van der Waals surface area contributed by atoms with Gasteiger partial charge in [-0.05, 0) is 37.5 Å². The van der Waals surface area contributed by atoms with E-state index in [1.54, 1.807) is 22.8 Å². The van der Waals surface area contributed by atoms with Crippen molar-refractivity contribution in [1.29, 1.82) is 0 Å². The van der Waals surface area contributed by atoms with E-state index in [4.69, 9.17) is 15.9 Å². The molecule has 0 unspecified atom stereocenters. The number of nitrogens with two attached hydrogens (primary N) is 1. The quantitative estimate of drug-likeness (QED) is 0.343. The fourth-order valence-corrected chi connectivity index (χ4v) is 3.31. The first-order valence-electron chi connectivity index (χ1n) is 10.1. The Labute approximate surface area is 180 Å². The minimum atomic E-state index is -2.55. The average Bonchev–Trinajstić information content (AvgIpc) is 3.35. The van der Waals surface area contributed by atoms with Gasteiger partial charge in [0, 0.05) is 17.8 Å². The number of nitrogen functional groups attached to an aromatic ring is 1. The molecular formula is C19H23F2N9O2. The lowest BCUT2D eigenvalue weighted by Crippen LogP contribution is -2.28. The lowest BCUT2D eigenvalue weighted by atomic mass is 9.93. The summed E-state index contributed by atoms with van der Waals surface area (Å²) in [5.41, 5.74) is 8.81. The minimum absolute atomic E-state index is 0.125. The highest BCUT2D eigenvalue weighted by molar-refractivity contribution is 5.88. The number of aliphatic hydroxyl groups excluding tert-OH is 2. The van der Waals surface area contributed by atoms with Crippen LogP contribution in [-0.2, 0) is 6.54 Å². The molecule has 0 spiro atoms. The summed E-state index contributed by atoms with van der Waals surface area (Å²) < 4.78 is 28.3. The van der Waals surface area contributed by atoms with E-state index in [1.165, 1.54) is 6.42 Å². The number of pyridine rings is 1. The van der Waals surface area contributed by atoms with E-state index in [-0.39, 0.29) is 13.2 Å². The summed E-state index contributed by atoms with van der Waals surface area (Å²) >= 11 is 0. The van der Waals surface area contributed by atoms with Crippen LogP contribution in [-0.4, -0.2) is 70.5 Å². The van der Waals surface area contributed by atoms with Gasteiger partial charge in [-0.25, -0.2) is 23.0 Å². The maximum atomic E-state index is 12.8. The fraction of sp³-hybridized carbons (Fsp3) is 0.421. The summed E-state index contributed by atoms with van der Waals surface area (Å²) in [5, 5.41) is 30.6. The Morgan fingerprint density at radius 3 is 2.59 bits per heavy atom. The van der Waals surface area contributed by atoms with Crippen LogP contribution in [0.5, 0.6) is 0 Å². The molecule has 32 heavy (non-hydrogen) atoms. The van der Waals surface area contributed by atoms with Crippen LogP contribution in [0, 0.1) is 0 Å². The van der Waals surface area contributed by atoms with Crippen molar-refractivity contribution in [3.05, 3.63) is 24.4 Å². The average molecular weight is 447 g/mol. The zero-order chi connectivity index (χ0) is 22.7. The molecule has 4 aromatic rings. The first-order chi connectivity index (χ1) is 15.5. The van der Waals surface area contributed by atoms with E-state index in [9.17, 15) is 8.78 Å². The number of aromatic nitrogens is 7. The number of nitrogens with zero attached hydrogens (tertiary/aromatic N) is 7. The molecule has 0 aliphatic heterocycles. The SMILES string of the molecule is Nc1nc(NC2CCC2)nn2ccc(-c3ccc4nnn(CC(F)F)c4n3)c12.OCCO. The molecule has 0 saturated heterocycles. The molecule has 1 aliphatic rings. The largest absolute Gasteiger partial charge is 0.394 e. The molecule has 170 valence electrons. The van der Waals surface area contributed by atoms with Crippen molar-refractivity contribution in [3.8, 4) is 11.3 Å². The van der Waals surface area contributed by atoms with Gasteiger partial charge in [0.05, 0.1) is 18.9 Å². The third-order valence-corrected chi connectivity index (χ3v) is 5.02. The van der Waals surface area contributed by atoms with E-state index in [0.29, 0.717) is 45.7 Å². The highest BCUT2D eigenvalue weighted by Gasteiger charge is 2.20. The van der Waals surface area contributed by atoms with Gasteiger partial charge in [0.1, 0.15) is 17.6 Å². The van der Waals surface area contributed by atoms with Crippen LogP contribution in [0.2, 0.25) is 0 Å².